The van der Waals surface area contributed by atoms with Crippen molar-refractivity contribution >= 4 is 35.2 Å². The standard InChI is InChI=1S/C28H41N3O5S/c1-4-6-7-14-29-26(34)24-28-18(3)17-21(37-28)22(23(28)27(35)31(24)15-8-9-16-32)25(33)30-19-10-12-20(13-11-19)36-5-2/h10-13,18,21-24,32H,4-9,14-17H2,1-3H3,(H,29,34)(H,30,33)/t18?,21-,22+,23-,24?,28?/m0/s1. The van der Waals surface area contributed by atoms with Crippen molar-refractivity contribution < 1.29 is 24.2 Å². The number of carbonyl (C=O) groups excluding carboxylic acids is 3. The zero-order chi connectivity index (χ0) is 26.6. The first-order valence-electron chi connectivity index (χ1n) is 13.8. The number of ether oxygens (including phenoxy) is 1. The highest BCUT2D eigenvalue weighted by Gasteiger charge is 2.75. The Morgan fingerprint density at radius 2 is 1.89 bits per heavy atom. The third kappa shape index (κ3) is 5.21. The molecule has 8 nitrogen and oxygen atoms in total. The normalized spacial score (nSPS) is 29.9. The molecule has 3 saturated heterocycles. The van der Waals surface area contributed by atoms with Crippen LogP contribution in [-0.4, -0.2) is 70.1 Å². The number of nitrogens with zero attached hydrogens (tertiary/aromatic N) is 1. The van der Waals surface area contributed by atoms with Crippen LogP contribution in [0.1, 0.15) is 59.3 Å². The second kappa shape index (κ2) is 12.1. The predicted molar refractivity (Wildman–Crippen MR) is 145 cm³/mol. The van der Waals surface area contributed by atoms with Crippen molar-refractivity contribution in [2.45, 2.75) is 75.3 Å². The minimum Gasteiger partial charge on any atom is -0.494 e. The highest BCUT2D eigenvalue weighted by molar-refractivity contribution is 8.02. The third-order valence-corrected chi connectivity index (χ3v) is 10.2. The fourth-order valence-corrected chi connectivity index (χ4v) is 8.89. The highest BCUT2D eigenvalue weighted by Crippen LogP contribution is 2.68. The minimum absolute atomic E-state index is 0.00151. The Hall–Kier alpha value is -2.26. The second-order valence-corrected chi connectivity index (χ2v) is 12.0. The number of carbonyl (C=O) groups is 3. The number of aliphatic hydroxyl groups is 1. The van der Waals surface area contributed by atoms with Gasteiger partial charge in [0.15, 0.2) is 0 Å². The van der Waals surface area contributed by atoms with Gasteiger partial charge < -0.3 is 25.4 Å². The van der Waals surface area contributed by atoms with Gasteiger partial charge in [-0.1, -0.05) is 26.7 Å². The number of benzene rings is 1. The van der Waals surface area contributed by atoms with E-state index in [0.29, 0.717) is 38.2 Å². The molecule has 0 saturated carbocycles. The van der Waals surface area contributed by atoms with Crippen LogP contribution in [0.15, 0.2) is 24.3 Å². The number of hydrogen-bond acceptors (Lipinski definition) is 6. The SMILES string of the molecule is CCCCCNC(=O)C1N(CCCCO)C(=O)[C@@H]2[C@H](C(=O)Nc3ccc(OCC)cc3)[C@@H]3CC(C)C12S3. The van der Waals surface area contributed by atoms with E-state index >= 15 is 0 Å². The summed E-state index contributed by atoms with van der Waals surface area (Å²) >= 11 is 1.69. The van der Waals surface area contributed by atoms with Crippen LogP contribution in [0, 0.1) is 17.8 Å². The van der Waals surface area contributed by atoms with Gasteiger partial charge in [-0.15, -0.1) is 11.8 Å². The molecule has 6 atom stereocenters. The Morgan fingerprint density at radius 3 is 2.57 bits per heavy atom. The van der Waals surface area contributed by atoms with Crippen LogP contribution < -0.4 is 15.4 Å². The predicted octanol–water partition coefficient (Wildman–Crippen LogP) is 3.44. The van der Waals surface area contributed by atoms with Crippen molar-refractivity contribution in [3.8, 4) is 5.75 Å². The molecule has 3 aliphatic heterocycles. The number of unbranched alkanes of at least 4 members (excludes halogenated alkanes) is 3. The lowest BCUT2D eigenvalue weighted by molar-refractivity contribution is -0.139. The van der Waals surface area contributed by atoms with E-state index in [1.165, 1.54) is 0 Å². The van der Waals surface area contributed by atoms with E-state index in [1.54, 1.807) is 16.7 Å². The lowest BCUT2D eigenvalue weighted by Crippen LogP contribution is -2.56. The largest absolute Gasteiger partial charge is 0.494 e. The molecular formula is C28H41N3O5S. The Balaban J connectivity index is 1.58. The summed E-state index contributed by atoms with van der Waals surface area (Å²) in [5, 5.41) is 15.4. The van der Waals surface area contributed by atoms with Crippen molar-refractivity contribution in [3.05, 3.63) is 24.3 Å². The summed E-state index contributed by atoms with van der Waals surface area (Å²) in [6.07, 6.45) is 5.01. The van der Waals surface area contributed by atoms with Crippen LogP contribution in [0.4, 0.5) is 5.69 Å². The fourth-order valence-electron chi connectivity index (χ4n) is 6.46. The molecular weight excluding hydrogens is 490 g/mol. The van der Waals surface area contributed by atoms with Gasteiger partial charge in [-0.25, -0.2) is 0 Å². The summed E-state index contributed by atoms with van der Waals surface area (Å²) in [7, 11) is 0. The van der Waals surface area contributed by atoms with Gasteiger partial charge >= 0.3 is 0 Å². The average molecular weight is 532 g/mol. The number of nitrogens with one attached hydrogen (secondary N) is 2. The van der Waals surface area contributed by atoms with E-state index < -0.39 is 22.6 Å². The van der Waals surface area contributed by atoms with Gasteiger partial charge in [-0.2, -0.15) is 0 Å². The summed E-state index contributed by atoms with van der Waals surface area (Å²) in [4.78, 5) is 43.0. The molecule has 4 rings (SSSR count). The molecule has 37 heavy (non-hydrogen) atoms. The highest BCUT2D eigenvalue weighted by atomic mass is 32.2. The Labute approximate surface area is 224 Å². The summed E-state index contributed by atoms with van der Waals surface area (Å²) in [5.41, 5.74) is 0.666. The minimum atomic E-state index is -0.614. The molecule has 3 unspecified atom stereocenters. The Bertz CT molecular complexity index is 973. The molecule has 2 bridgehead atoms. The van der Waals surface area contributed by atoms with E-state index in [2.05, 4.69) is 24.5 Å². The van der Waals surface area contributed by atoms with Crippen molar-refractivity contribution in [1.29, 1.82) is 0 Å². The molecule has 3 fully saturated rings. The molecule has 0 aromatic heterocycles. The average Bonchev–Trinajstić information content (AvgIpc) is 3.47. The van der Waals surface area contributed by atoms with E-state index in [9.17, 15) is 19.5 Å². The zero-order valence-electron chi connectivity index (χ0n) is 22.2. The molecule has 3 aliphatic rings. The maximum absolute atomic E-state index is 14.0. The molecule has 1 spiro atoms. The molecule has 204 valence electrons. The molecule has 1 aromatic rings. The number of anilines is 1. The van der Waals surface area contributed by atoms with Gasteiger partial charge in [0.05, 0.1) is 23.2 Å². The van der Waals surface area contributed by atoms with Gasteiger partial charge in [-0.05, 0) is 62.8 Å². The number of fused-ring (bicyclic) bond motifs is 1. The van der Waals surface area contributed by atoms with Crippen molar-refractivity contribution in [2.24, 2.45) is 17.8 Å². The van der Waals surface area contributed by atoms with Gasteiger partial charge in [0, 0.05) is 30.6 Å². The van der Waals surface area contributed by atoms with E-state index in [-0.39, 0.29) is 35.5 Å². The molecule has 0 radical (unpaired) electrons. The number of likely N-dealkylation sites (tertiary alicyclic amines) is 1. The number of hydrogen-bond donors (Lipinski definition) is 3. The van der Waals surface area contributed by atoms with Gasteiger partial charge in [-0.3, -0.25) is 14.4 Å². The second-order valence-electron chi connectivity index (χ2n) is 10.5. The quantitative estimate of drug-likeness (QED) is 0.337. The van der Waals surface area contributed by atoms with Crippen molar-refractivity contribution in [3.63, 3.8) is 0 Å². The smallest absolute Gasteiger partial charge is 0.244 e. The topological polar surface area (TPSA) is 108 Å². The molecule has 9 heteroatoms. The Morgan fingerprint density at radius 1 is 1.14 bits per heavy atom. The molecule has 3 amide bonds. The first-order chi connectivity index (χ1) is 17.9. The number of amides is 3. The lowest BCUT2D eigenvalue weighted by Gasteiger charge is -2.38. The Kier molecular flexibility index (Phi) is 9.06. The summed E-state index contributed by atoms with van der Waals surface area (Å²) < 4.78 is 4.88. The number of thioether (sulfide) groups is 1. The van der Waals surface area contributed by atoms with Crippen LogP contribution in [0.2, 0.25) is 0 Å². The van der Waals surface area contributed by atoms with E-state index in [0.717, 1.165) is 31.4 Å². The monoisotopic (exact) mass is 531 g/mol. The first-order valence-corrected chi connectivity index (χ1v) is 14.7. The molecule has 1 aromatic carbocycles. The van der Waals surface area contributed by atoms with Crippen LogP contribution in [-0.2, 0) is 14.4 Å². The van der Waals surface area contributed by atoms with Crippen LogP contribution in [0.5, 0.6) is 5.75 Å². The van der Waals surface area contributed by atoms with Crippen LogP contribution >= 0.6 is 11.8 Å². The summed E-state index contributed by atoms with van der Waals surface area (Å²) in [5.74, 6) is -0.508. The van der Waals surface area contributed by atoms with Gasteiger partial charge in [0.1, 0.15) is 11.8 Å². The lowest BCUT2D eigenvalue weighted by atomic mass is 9.66. The maximum Gasteiger partial charge on any atom is 0.244 e. The van der Waals surface area contributed by atoms with Crippen LogP contribution in [0.3, 0.4) is 0 Å². The molecule has 3 heterocycles. The maximum atomic E-state index is 14.0. The van der Waals surface area contributed by atoms with Crippen molar-refractivity contribution in [1.82, 2.24) is 10.2 Å². The fraction of sp³-hybridized carbons (Fsp3) is 0.679. The third-order valence-electron chi connectivity index (χ3n) is 8.12. The van der Waals surface area contributed by atoms with Crippen molar-refractivity contribution in [2.75, 3.05) is 31.6 Å². The summed E-state index contributed by atoms with van der Waals surface area (Å²) in [6, 6.07) is 6.66. The summed E-state index contributed by atoms with van der Waals surface area (Å²) in [6.45, 7) is 7.79. The zero-order valence-corrected chi connectivity index (χ0v) is 23.0. The number of aliphatic hydroxyl groups excluding tert-OH is 1. The number of rotatable bonds is 13. The van der Waals surface area contributed by atoms with Gasteiger partial charge in [0.25, 0.3) is 0 Å². The van der Waals surface area contributed by atoms with Gasteiger partial charge in [0.2, 0.25) is 17.7 Å². The molecule has 0 aliphatic carbocycles. The first kappa shape index (κ1) is 27.8. The van der Waals surface area contributed by atoms with E-state index in [1.807, 2.05) is 31.2 Å². The van der Waals surface area contributed by atoms with E-state index in [4.69, 9.17) is 4.74 Å². The molecule has 3 N–H and O–H groups in total. The van der Waals surface area contributed by atoms with Crippen LogP contribution in [0.25, 0.3) is 0 Å².